The van der Waals surface area contributed by atoms with E-state index in [4.69, 9.17) is 17.3 Å². The van der Waals surface area contributed by atoms with E-state index in [-0.39, 0.29) is 18.0 Å². The third-order valence-corrected chi connectivity index (χ3v) is 4.67. The van der Waals surface area contributed by atoms with Gasteiger partial charge in [0.25, 0.3) is 5.91 Å². The van der Waals surface area contributed by atoms with Crippen LogP contribution in [0, 0.1) is 0 Å². The van der Waals surface area contributed by atoms with Crippen LogP contribution in [0.2, 0.25) is 5.02 Å². The first kappa shape index (κ1) is 14.3. The summed E-state index contributed by atoms with van der Waals surface area (Å²) in [4.78, 5) is 15.6. The monoisotopic (exact) mass is 325 g/mol. The number of hydrogen-bond acceptors (Lipinski definition) is 2. The Morgan fingerprint density at radius 2 is 2.04 bits per heavy atom. The van der Waals surface area contributed by atoms with E-state index in [9.17, 15) is 4.79 Å². The smallest absolute Gasteiger partial charge is 0.268 e. The Bertz CT molecular complexity index is 902. The molecule has 0 bridgehead atoms. The van der Waals surface area contributed by atoms with Gasteiger partial charge in [0.15, 0.2) is 0 Å². The summed E-state index contributed by atoms with van der Waals surface area (Å²) in [6.45, 7) is 0. The highest BCUT2D eigenvalue weighted by Gasteiger charge is 2.30. The van der Waals surface area contributed by atoms with E-state index < -0.39 is 0 Å². The maximum atomic E-state index is 12.5. The lowest BCUT2D eigenvalue weighted by molar-refractivity contribution is 0.0929. The first-order valence-corrected chi connectivity index (χ1v) is 7.92. The van der Waals surface area contributed by atoms with Crippen LogP contribution in [-0.4, -0.2) is 16.9 Å². The van der Waals surface area contributed by atoms with E-state index in [1.807, 2.05) is 36.4 Å². The number of fused-ring (bicyclic) bond motifs is 2. The number of carbonyl (C=O) groups is 1. The number of aromatic amines is 1. The van der Waals surface area contributed by atoms with E-state index in [0.29, 0.717) is 10.7 Å². The number of carbonyl (C=O) groups excluding carboxylic acids is 1. The second-order valence-corrected chi connectivity index (χ2v) is 6.36. The molecule has 116 valence electrons. The van der Waals surface area contributed by atoms with E-state index in [0.717, 1.165) is 22.9 Å². The highest BCUT2D eigenvalue weighted by molar-refractivity contribution is 6.31. The Kier molecular flexibility index (Phi) is 3.36. The molecule has 4 N–H and O–H groups in total. The number of benzene rings is 2. The van der Waals surface area contributed by atoms with Gasteiger partial charge in [0.1, 0.15) is 5.69 Å². The van der Waals surface area contributed by atoms with Crippen molar-refractivity contribution in [1.82, 2.24) is 10.3 Å². The maximum Gasteiger partial charge on any atom is 0.268 e. The van der Waals surface area contributed by atoms with Gasteiger partial charge in [-0.2, -0.15) is 0 Å². The summed E-state index contributed by atoms with van der Waals surface area (Å²) in [7, 11) is 0. The standard InChI is InChI=1S/C18H16ClN3O/c19-12-5-6-14-11(7-12)9-16(21-14)18(23)22-15-8-10-3-1-2-4-13(10)17(15)20/h1-7,9,15,17,21H,8,20H2,(H,22,23)/t15-,17+/m0/s1. The molecule has 0 spiro atoms. The van der Waals surface area contributed by atoms with E-state index in [2.05, 4.69) is 16.4 Å². The number of hydrogen-bond donors (Lipinski definition) is 3. The molecule has 2 atom stereocenters. The normalized spacial score (nSPS) is 19.7. The first-order chi connectivity index (χ1) is 11.1. The zero-order valence-corrected chi connectivity index (χ0v) is 13.1. The van der Waals surface area contributed by atoms with Crippen molar-refractivity contribution in [2.75, 3.05) is 0 Å². The number of H-pyrrole nitrogens is 1. The molecule has 4 rings (SSSR count). The average Bonchev–Trinajstić information content (AvgIpc) is 3.09. The second kappa shape index (κ2) is 5.41. The zero-order chi connectivity index (χ0) is 16.0. The van der Waals surface area contributed by atoms with Crippen molar-refractivity contribution in [2.24, 2.45) is 5.73 Å². The van der Waals surface area contributed by atoms with Crippen molar-refractivity contribution in [3.05, 3.63) is 70.4 Å². The SMILES string of the molecule is N[C@@H]1c2ccccc2C[C@@H]1NC(=O)c1cc2cc(Cl)ccc2[nH]1. The molecule has 0 saturated heterocycles. The second-order valence-electron chi connectivity index (χ2n) is 5.92. The molecule has 1 heterocycles. The largest absolute Gasteiger partial charge is 0.351 e. The van der Waals surface area contributed by atoms with Crippen LogP contribution in [0.15, 0.2) is 48.5 Å². The molecular weight excluding hydrogens is 310 g/mol. The molecule has 3 aromatic rings. The average molecular weight is 326 g/mol. The van der Waals surface area contributed by atoms with Crippen LogP contribution in [0.3, 0.4) is 0 Å². The maximum absolute atomic E-state index is 12.5. The van der Waals surface area contributed by atoms with Crippen LogP contribution in [-0.2, 0) is 6.42 Å². The number of halogens is 1. The summed E-state index contributed by atoms with van der Waals surface area (Å²) in [6.07, 6.45) is 0.759. The van der Waals surface area contributed by atoms with Crippen molar-refractivity contribution in [2.45, 2.75) is 18.5 Å². The Balaban J connectivity index is 1.56. The lowest BCUT2D eigenvalue weighted by Crippen LogP contribution is -2.40. The van der Waals surface area contributed by atoms with Crippen molar-refractivity contribution in [3.8, 4) is 0 Å². The van der Waals surface area contributed by atoms with Gasteiger partial charge < -0.3 is 16.0 Å². The van der Waals surface area contributed by atoms with E-state index >= 15 is 0 Å². The zero-order valence-electron chi connectivity index (χ0n) is 12.3. The topological polar surface area (TPSA) is 70.9 Å². The van der Waals surface area contributed by atoms with Gasteiger partial charge >= 0.3 is 0 Å². The number of amides is 1. The minimum Gasteiger partial charge on any atom is -0.351 e. The minimum atomic E-state index is -0.172. The molecule has 1 aliphatic carbocycles. The van der Waals surface area contributed by atoms with Crippen LogP contribution in [0.25, 0.3) is 10.9 Å². The first-order valence-electron chi connectivity index (χ1n) is 7.54. The molecule has 0 aliphatic heterocycles. The van der Waals surface area contributed by atoms with Gasteiger partial charge in [0.05, 0.1) is 12.1 Å². The van der Waals surface area contributed by atoms with E-state index in [1.54, 1.807) is 6.07 Å². The third kappa shape index (κ3) is 2.50. The summed E-state index contributed by atoms with van der Waals surface area (Å²) in [6, 6.07) is 15.1. The van der Waals surface area contributed by atoms with Crippen LogP contribution in [0.1, 0.15) is 27.7 Å². The van der Waals surface area contributed by atoms with Crippen LogP contribution < -0.4 is 11.1 Å². The van der Waals surface area contributed by atoms with Crippen molar-refractivity contribution in [1.29, 1.82) is 0 Å². The fourth-order valence-electron chi connectivity index (χ4n) is 3.24. The summed E-state index contributed by atoms with van der Waals surface area (Å²) in [5.74, 6) is -0.148. The van der Waals surface area contributed by atoms with Crippen molar-refractivity contribution >= 4 is 28.4 Å². The predicted octanol–water partition coefficient (Wildman–Crippen LogP) is 3.18. The summed E-state index contributed by atoms with van der Waals surface area (Å²) in [5.41, 5.74) is 9.99. The van der Waals surface area contributed by atoms with Crippen LogP contribution in [0.4, 0.5) is 0 Å². The van der Waals surface area contributed by atoms with Gasteiger partial charge in [0, 0.05) is 15.9 Å². The predicted molar refractivity (Wildman–Crippen MR) is 91.6 cm³/mol. The van der Waals surface area contributed by atoms with Gasteiger partial charge in [-0.15, -0.1) is 0 Å². The summed E-state index contributed by atoms with van der Waals surface area (Å²) in [5, 5.41) is 4.61. The molecule has 0 fully saturated rings. The van der Waals surface area contributed by atoms with Gasteiger partial charge in [-0.1, -0.05) is 35.9 Å². The molecule has 1 aliphatic rings. The molecular formula is C18H16ClN3O. The highest BCUT2D eigenvalue weighted by Crippen LogP contribution is 2.29. The number of rotatable bonds is 2. The molecule has 4 nitrogen and oxygen atoms in total. The lowest BCUT2D eigenvalue weighted by atomic mass is 10.1. The quantitative estimate of drug-likeness (QED) is 0.677. The van der Waals surface area contributed by atoms with Gasteiger partial charge in [-0.3, -0.25) is 4.79 Å². The molecule has 0 saturated carbocycles. The van der Waals surface area contributed by atoms with Crippen LogP contribution >= 0.6 is 11.6 Å². The van der Waals surface area contributed by atoms with Gasteiger partial charge in [0.2, 0.25) is 0 Å². The van der Waals surface area contributed by atoms with Crippen molar-refractivity contribution in [3.63, 3.8) is 0 Å². The van der Waals surface area contributed by atoms with Crippen LogP contribution in [0.5, 0.6) is 0 Å². The van der Waals surface area contributed by atoms with Gasteiger partial charge in [-0.05, 0) is 41.8 Å². The Labute approximate surface area is 138 Å². The highest BCUT2D eigenvalue weighted by atomic mass is 35.5. The molecule has 1 aromatic heterocycles. The summed E-state index contributed by atoms with van der Waals surface area (Å²) < 4.78 is 0. The number of nitrogens with two attached hydrogens (primary N) is 1. The van der Waals surface area contributed by atoms with Crippen molar-refractivity contribution < 1.29 is 4.79 Å². The Morgan fingerprint density at radius 3 is 2.87 bits per heavy atom. The molecule has 2 aromatic carbocycles. The Hall–Kier alpha value is -2.30. The fourth-order valence-corrected chi connectivity index (χ4v) is 3.42. The molecule has 1 amide bonds. The Morgan fingerprint density at radius 1 is 1.22 bits per heavy atom. The number of aromatic nitrogens is 1. The minimum absolute atomic E-state index is 0.0881. The molecule has 5 heteroatoms. The lowest BCUT2D eigenvalue weighted by Gasteiger charge is -2.17. The number of nitrogens with one attached hydrogen (secondary N) is 2. The van der Waals surface area contributed by atoms with Gasteiger partial charge in [-0.25, -0.2) is 0 Å². The fraction of sp³-hybridized carbons (Fsp3) is 0.167. The summed E-state index contributed by atoms with van der Waals surface area (Å²) >= 11 is 5.98. The molecule has 23 heavy (non-hydrogen) atoms. The molecule has 0 radical (unpaired) electrons. The third-order valence-electron chi connectivity index (χ3n) is 4.43. The molecule has 0 unspecified atom stereocenters. The van der Waals surface area contributed by atoms with E-state index in [1.165, 1.54) is 5.56 Å².